The van der Waals surface area contributed by atoms with Crippen molar-refractivity contribution in [3.63, 3.8) is 0 Å². The van der Waals surface area contributed by atoms with Crippen LogP contribution in [0.3, 0.4) is 0 Å². The van der Waals surface area contributed by atoms with Crippen molar-refractivity contribution in [1.82, 2.24) is 4.98 Å². The number of rotatable bonds is 5. The van der Waals surface area contributed by atoms with Crippen molar-refractivity contribution < 1.29 is 39.9 Å². The third kappa shape index (κ3) is 4.13. The fraction of sp³-hybridized carbons (Fsp3) is 0. The molecule has 0 saturated heterocycles. The highest BCUT2D eigenvalue weighted by Crippen LogP contribution is 2.30. The average Bonchev–Trinajstić information content (AvgIpc) is 3.14. The Morgan fingerprint density at radius 3 is 2.07 bits per heavy atom. The lowest BCUT2D eigenvalue weighted by Gasteiger charge is -2.02. The quantitative estimate of drug-likeness (QED) is 0.193. The molecule has 0 aliphatic rings. The molecule has 2 rings (SSSR count). The molecule has 1 aromatic carbocycles. The van der Waals surface area contributed by atoms with Crippen LogP contribution in [0.1, 0.15) is 10.5 Å². The number of Topliss-reactive ketones (excluding diaryl/α,β-unsaturated/α-hetero) is 1. The summed E-state index contributed by atoms with van der Waals surface area (Å²) in [5.74, 6) is -13.4. The van der Waals surface area contributed by atoms with Gasteiger partial charge in [0.15, 0.2) is 34.9 Å². The van der Waals surface area contributed by atoms with E-state index < -0.39 is 64.6 Å². The summed E-state index contributed by atoms with van der Waals surface area (Å²) < 4.78 is 104. The molecule has 27 heavy (non-hydrogen) atoms. The zero-order valence-corrected chi connectivity index (χ0v) is 13.5. The topological polar surface area (TPSA) is 30.0 Å². The molecule has 11 heteroatoms. The lowest BCUT2D eigenvalue weighted by molar-refractivity contribution is 0.102. The maximum absolute atomic E-state index is 13.7. The van der Waals surface area contributed by atoms with E-state index in [4.69, 9.17) is 0 Å². The van der Waals surface area contributed by atoms with Gasteiger partial charge in [0.05, 0.1) is 5.57 Å². The molecule has 0 N–H and O–H groups in total. The Labute approximate surface area is 149 Å². The van der Waals surface area contributed by atoms with Gasteiger partial charge < -0.3 is 0 Å². The highest BCUT2D eigenvalue weighted by molar-refractivity contribution is 7.13. The van der Waals surface area contributed by atoms with Crippen LogP contribution in [-0.2, 0) is 0 Å². The van der Waals surface area contributed by atoms with Crippen LogP contribution in [0.5, 0.6) is 0 Å². The standard InChI is InChI=1S/C16H5F8NOS/c17-3-7(12(22)14(24)10(21)4-18)15(26)11-5-27-16(25-11)6-1-8(19)13(23)9(20)2-6/h1-5H/b7-3-,10-4-,14-12-. The highest BCUT2D eigenvalue weighted by Gasteiger charge is 2.25. The van der Waals surface area contributed by atoms with Gasteiger partial charge in [-0.05, 0) is 12.1 Å². The fourth-order valence-corrected chi connectivity index (χ4v) is 2.58. The second-order valence-corrected chi connectivity index (χ2v) is 5.59. The van der Waals surface area contributed by atoms with Crippen LogP contribution in [0.25, 0.3) is 10.6 Å². The molecule has 0 aliphatic heterocycles. The zero-order chi connectivity index (χ0) is 20.3. The van der Waals surface area contributed by atoms with Crippen LogP contribution in [-0.4, -0.2) is 10.8 Å². The van der Waals surface area contributed by atoms with Crippen LogP contribution in [0.15, 0.2) is 53.2 Å². The summed E-state index contributed by atoms with van der Waals surface area (Å²) in [5, 5.41) is 0.682. The molecule has 142 valence electrons. The molecule has 0 saturated carbocycles. The number of halogens is 8. The number of carbonyl (C=O) groups is 1. The number of thiazole rings is 1. The molecule has 0 atom stereocenters. The minimum absolute atomic E-state index is 0.228. The summed E-state index contributed by atoms with van der Waals surface area (Å²) in [7, 11) is 0. The van der Waals surface area contributed by atoms with Crippen molar-refractivity contribution in [3.05, 3.63) is 76.4 Å². The molecule has 0 unspecified atom stereocenters. The molecule has 2 aromatic rings. The van der Waals surface area contributed by atoms with Crippen molar-refractivity contribution in [2.45, 2.75) is 0 Å². The van der Waals surface area contributed by atoms with Gasteiger partial charge in [0.1, 0.15) is 23.4 Å². The van der Waals surface area contributed by atoms with Gasteiger partial charge in [-0.15, -0.1) is 11.3 Å². The van der Waals surface area contributed by atoms with Crippen LogP contribution in [0.2, 0.25) is 0 Å². The van der Waals surface area contributed by atoms with Crippen LogP contribution >= 0.6 is 11.3 Å². The normalized spacial score (nSPS) is 13.6. The highest BCUT2D eigenvalue weighted by atomic mass is 32.1. The van der Waals surface area contributed by atoms with Crippen molar-refractivity contribution in [2.24, 2.45) is 0 Å². The molecule has 0 radical (unpaired) electrons. The second-order valence-electron chi connectivity index (χ2n) is 4.73. The maximum atomic E-state index is 13.7. The first kappa shape index (κ1) is 20.5. The van der Waals surface area contributed by atoms with Crippen molar-refractivity contribution in [3.8, 4) is 10.6 Å². The lowest BCUT2D eigenvalue weighted by atomic mass is 10.1. The van der Waals surface area contributed by atoms with E-state index in [0.29, 0.717) is 23.5 Å². The third-order valence-electron chi connectivity index (χ3n) is 3.06. The smallest absolute Gasteiger partial charge is 0.217 e. The number of ketones is 1. The molecule has 0 amide bonds. The Morgan fingerprint density at radius 2 is 1.56 bits per heavy atom. The first-order valence-corrected chi connectivity index (χ1v) is 7.56. The molecular weight excluding hydrogens is 406 g/mol. The van der Waals surface area contributed by atoms with Crippen LogP contribution < -0.4 is 0 Å². The van der Waals surface area contributed by atoms with E-state index in [2.05, 4.69) is 4.98 Å². The number of carbonyl (C=O) groups excluding carboxylic acids is 1. The molecule has 0 spiro atoms. The fourth-order valence-electron chi connectivity index (χ4n) is 1.80. The number of benzene rings is 1. The summed E-state index contributed by atoms with van der Waals surface area (Å²) in [5.41, 5.74) is -2.57. The first-order valence-electron chi connectivity index (χ1n) is 6.68. The van der Waals surface area contributed by atoms with Gasteiger partial charge >= 0.3 is 0 Å². The predicted molar refractivity (Wildman–Crippen MR) is 80.5 cm³/mol. The zero-order valence-electron chi connectivity index (χ0n) is 12.7. The van der Waals surface area contributed by atoms with Gasteiger partial charge in [-0.25, -0.2) is 40.1 Å². The van der Waals surface area contributed by atoms with E-state index in [1.54, 1.807) is 0 Å². The molecule has 0 fully saturated rings. The Kier molecular flexibility index (Phi) is 6.26. The molecular formula is C16H5F8NOS. The van der Waals surface area contributed by atoms with Gasteiger partial charge in [0.25, 0.3) is 0 Å². The van der Waals surface area contributed by atoms with Gasteiger partial charge in [0, 0.05) is 10.9 Å². The Balaban J connectivity index is 2.42. The number of hydrogen-bond donors (Lipinski definition) is 0. The summed E-state index contributed by atoms with van der Waals surface area (Å²) in [6, 6.07) is 1.14. The largest absolute Gasteiger partial charge is 0.287 e. The van der Waals surface area contributed by atoms with E-state index in [0.717, 1.165) is 5.38 Å². The summed E-state index contributed by atoms with van der Waals surface area (Å²) >= 11 is 0.598. The molecule has 0 bridgehead atoms. The van der Waals surface area contributed by atoms with Gasteiger partial charge in [-0.1, -0.05) is 0 Å². The second kappa shape index (κ2) is 8.25. The minimum Gasteiger partial charge on any atom is -0.287 e. The van der Waals surface area contributed by atoms with Crippen molar-refractivity contribution >= 4 is 17.1 Å². The molecule has 1 heterocycles. The molecule has 2 nitrogen and oxygen atoms in total. The number of aromatic nitrogens is 1. The van der Waals surface area contributed by atoms with E-state index in [1.165, 1.54) is 0 Å². The monoisotopic (exact) mass is 411 g/mol. The Bertz CT molecular complexity index is 969. The van der Waals surface area contributed by atoms with Crippen LogP contribution in [0.4, 0.5) is 35.1 Å². The Hall–Kier alpha value is -2.82. The van der Waals surface area contributed by atoms with Crippen molar-refractivity contribution in [1.29, 1.82) is 0 Å². The summed E-state index contributed by atoms with van der Waals surface area (Å²) in [6.07, 6.45) is -1.62. The minimum atomic E-state index is -2.45. The Morgan fingerprint density at radius 1 is 0.963 bits per heavy atom. The van der Waals surface area contributed by atoms with E-state index in [9.17, 15) is 39.9 Å². The summed E-state index contributed by atoms with van der Waals surface area (Å²) in [6.45, 7) is 0. The third-order valence-corrected chi connectivity index (χ3v) is 3.95. The van der Waals surface area contributed by atoms with E-state index in [-0.39, 0.29) is 10.6 Å². The number of hydrogen-bond acceptors (Lipinski definition) is 3. The molecule has 0 aliphatic carbocycles. The van der Waals surface area contributed by atoms with Gasteiger partial charge in [-0.3, -0.25) is 4.79 Å². The lowest BCUT2D eigenvalue weighted by Crippen LogP contribution is -2.06. The summed E-state index contributed by atoms with van der Waals surface area (Å²) in [4.78, 5) is 15.6. The number of allylic oxidation sites excluding steroid dienone is 4. The number of nitrogens with zero attached hydrogens (tertiary/aromatic N) is 1. The van der Waals surface area contributed by atoms with E-state index >= 15 is 0 Å². The molecule has 1 aromatic heterocycles. The van der Waals surface area contributed by atoms with Gasteiger partial charge in [-0.2, -0.15) is 0 Å². The average molecular weight is 411 g/mol. The maximum Gasteiger partial charge on any atom is 0.217 e. The SMILES string of the molecule is O=C(C(=C\F)/C(F)=C(F)\C(F)=C\F)c1csc(-c2cc(F)c(F)c(F)c2)n1. The van der Waals surface area contributed by atoms with Crippen molar-refractivity contribution in [2.75, 3.05) is 0 Å². The van der Waals surface area contributed by atoms with Crippen LogP contribution in [0, 0.1) is 17.5 Å². The van der Waals surface area contributed by atoms with Gasteiger partial charge in [0.2, 0.25) is 5.78 Å². The predicted octanol–water partition coefficient (Wildman–Crippen LogP) is 6.19. The first-order chi connectivity index (χ1) is 12.7. The van der Waals surface area contributed by atoms with E-state index in [1.807, 2.05) is 0 Å².